The maximum Gasteiger partial charge on any atom is 0.524 e. The normalized spacial score (nSPS) is 15.8. The van der Waals surface area contributed by atoms with Crippen LogP contribution in [0.15, 0.2) is 0 Å². The Kier molecular flexibility index (Phi) is 4.34. The fourth-order valence-corrected chi connectivity index (χ4v) is 0.980. The first kappa shape index (κ1) is 12.9. The maximum absolute atomic E-state index is 11.5. The van der Waals surface area contributed by atoms with Crippen LogP contribution in [0.25, 0.3) is 0 Å². The Morgan fingerprint density at radius 1 is 1.46 bits per heavy atom. The van der Waals surface area contributed by atoms with E-state index < -0.39 is 20.5 Å². The van der Waals surface area contributed by atoms with Crippen LogP contribution in [0, 0.1) is 0 Å². The summed E-state index contributed by atoms with van der Waals surface area (Å²) in [7, 11) is -4.95. The highest BCUT2D eigenvalue weighted by Gasteiger charge is 2.36. The third-order valence-corrected chi connectivity index (χ3v) is 1.36. The minimum Gasteiger partial charge on any atom is -0.303 e. The van der Waals surface area contributed by atoms with Gasteiger partial charge < -0.3 is 9.79 Å². The molecule has 0 rings (SSSR count). The molecule has 1 unspecified atom stereocenters. The highest BCUT2D eigenvalue weighted by atomic mass is 31.2. The van der Waals surface area contributed by atoms with E-state index in [2.05, 4.69) is 9.26 Å². The Morgan fingerprint density at radius 3 is 2.15 bits per heavy atom. The van der Waals surface area contributed by atoms with Gasteiger partial charge in [0.15, 0.2) is 6.29 Å². The molecule has 0 aliphatic heterocycles. The molecule has 0 radical (unpaired) electrons. The Labute approximate surface area is 71.7 Å². The van der Waals surface area contributed by atoms with Crippen molar-refractivity contribution in [2.75, 3.05) is 0 Å². The van der Waals surface area contributed by atoms with Crippen molar-refractivity contribution in [3.05, 3.63) is 0 Å². The van der Waals surface area contributed by atoms with E-state index >= 15 is 0 Å². The van der Waals surface area contributed by atoms with Gasteiger partial charge in [-0.25, -0.2) is 4.57 Å². The second-order valence-corrected chi connectivity index (χ2v) is 3.19. The molecule has 0 saturated carbocycles. The first-order chi connectivity index (χ1) is 5.64. The zero-order chi connectivity index (χ0) is 10.7. The first-order valence-corrected chi connectivity index (χ1v) is 4.65. The van der Waals surface area contributed by atoms with Gasteiger partial charge in [-0.15, -0.1) is 13.2 Å². The molecule has 2 N–H and O–H groups in total. The number of alkyl halides is 3. The van der Waals surface area contributed by atoms with E-state index in [0.29, 0.717) is 0 Å². The molecule has 9 heteroatoms. The van der Waals surface area contributed by atoms with E-state index in [1.807, 2.05) is 0 Å². The van der Waals surface area contributed by atoms with Crippen molar-refractivity contribution in [2.45, 2.75) is 26.0 Å². The van der Waals surface area contributed by atoms with E-state index in [9.17, 15) is 17.7 Å². The summed E-state index contributed by atoms with van der Waals surface area (Å²) in [6, 6.07) is 0. The Balaban J connectivity index is 4.13. The van der Waals surface area contributed by atoms with Gasteiger partial charge in [-0.3, -0.25) is 9.26 Å². The van der Waals surface area contributed by atoms with Gasteiger partial charge in [-0.2, -0.15) is 0 Å². The van der Waals surface area contributed by atoms with E-state index in [4.69, 9.17) is 9.79 Å². The summed E-state index contributed by atoms with van der Waals surface area (Å²) >= 11 is 0. The smallest absolute Gasteiger partial charge is 0.303 e. The van der Waals surface area contributed by atoms with Gasteiger partial charge >= 0.3 is 14.2 Å². The van der Waals surface area contributed by atoms with Gasteiger partial charge in [0.2, 0.25) is 0 Å². The third-order valence-electron chi connectivity index (χ3n) is 0.853. The van der Waals surface area contributed by atoms with Crippen LogP contribution >= 0.6 is 7.82 Å². The van der Waals surface area contributed by atoms with Gasteiger partial charge in [-0.1, -0.05) is 6.92 Å². The summed E-state index contributed by atoms with van der Waals surface area (Å²) in [5.41, 5.74) is 0. The van der Waals surface area contributed by atoms with Gasteiger partial charge in [0, 0.05) is 0 Å². The van der Waals surface area contributed by atoms with Crippen molar-refractivity contribution in [1.29, 1.82) is 0 Å². The largest absolute Gasteiger partial charge is 0.524 e. The number of ether oxygens (including phenoxy) is 1. The van der Waals surface area contributed by atoms with Crippen LogP contribution in [0.1, 0.15) is 13.3 Å². The Hall–Kier alpha value is -0.140. The lowest BCUT2D eigenvalue weighted by molar-refractivity contribution is -0.368. The van der Waals surface area contributed by atoms with Gasteiger partial charge in [0.1, 0.15) is 0 Å². The second-order valence-electron chi connectivity index (χ2n) is 2.00. The predicted octanol–water partition coefficient (Wildman–Crippen LogP) is 1.37. The van der Waals surface area contributed by atoms with E-state index in [1.165, 1.54) is 6.92 Å². The molecule has 0 saturated heterocycles. The maximum atomic E-state index is 11.5. The van der Waals surface area contributed by atoms with Crippen molar-refractivity contribution < 1.29 is 36.8 Å². The monoisotopic (exact) mass is 224 g/mol. The molecule has 0 spiro atoms. The summed E-state index contributed by atoms with van der Waals surface area (Å²) in [5, 5.41) is 0. The molecule has 0 aliphatic carbocycles. The Morgan fingerprint density at radius 2 is 1.92 bits per heavy atom. The van der Waals surface area contributed by atoms with Crippen molar-refractivity contribution in [2.24, 2.45) is 0 Å². The average Bonchev–Trinajstić information content (AvgIpc) is 1.79. The number of phosphoric acid groups is 1. The molecule has 1 atom stereocenters. The topological polar surface area (TPSA) is 76.0 Å². The van der Waals surface area contributed by atoms with Crippen LogP contribution in [0.2, 0.25) is 0 Å². The van der Waals surface area contributed by atoms with Crippen molar-refractivity contribution in [3.63, 3.8) is 0 Å². The van der Waals surface area contributed by atoms with Gasteiger partial charge in [0.05, 0.1) is 0 Å². The minimum absolute atomic E-state index is 0.329. The molecule has 0 aromatic rings. The van der Waals surface area contributed by atoms with Crippen LogP contribution in [-0.4, -0.2) is 22.4 Å². The van der Waals surface area contributed by atoms with Crippen molar-refractivity contribution in [3.8, 4) is 0 Å². The van der Waals surface area contributed by atoms with Crippen LogP contribution in [0.5, 0.6) is 0 Å². The van der Waals surface area contributed by atoms with Crippen LogP contribution in [0.4, 0.5) is 13.2 Å². The molecule has 5 nitrogen and oxygen atoms in total. The number of hydrogen-bond donors (Lipinski definition) is 2. The third kappa shape index (κ3) is 8.20. The van der Waals surface area contributed by atoms with Crippen molar-refractivity contribution >= 4 is 7.82 Å². The van der Waals surface area contributed by atoms with E-state index in [0.717, 1.165) is 0 Å². The predicted molar refractivity (Wildman–Crippen MR) is 34.3 cm³/mol. The number of rotatable bonds is 4. The summed E-state index contributed by atoms with van der Waals surface area (Å²) in [4.78, 5) is 16.3. The number of hydrogen-bond acceptors (Lipinski definition) is 3. The molecule has 0 amide bonds. The summed E-state index contributed by atoms with van der Waals surface area (Å²) < 4.78 is 51.6. The lowest BCUT2D eigenvalue weighted by atomic mass is 10.5. The molecular formula is C4H8F3O5P. The number of halogens is 3. The molecule has 0 heterocycles. The molecule has 0 aromatic heterocycles. The molecule has 0 fully saturated rings. The first-order valence-electron chi connectivity index (χ1n) is 3.12. The van der Waals surface area contributed by atoms with E-state index in [-0.39, 0.29) is 6.42 Å². The average molecular weight is 224 g/mol. The molecular weight excluding hydrogens is 216 g/mol. The van der Waals surface area contributed by atoms with Crippen LogP contribution in [-0.2, 0) is 13.8 Å². The quantitative estimate of drug-likeness (QED) is 0.557. The minimum atomic E-state index is -4.98. The summed E-state index contributed by atoms with van der Waals surface area (Å²) in [5.74, 6) is 0. The van der Waals surface area contributed by atoms with Gasteiger partial charge in [0.25, 0.3) is 0 Å². The molecule has 0 aromatic carbocycles. The zero-order valence-electron chi connectivity index (χ0n) is 6.48. The fourth-order valence-electron chi connectivity index (χ4n) is 0.482. The van der Waals surface area contributed by atoms with Crippen LogP contribution in [0.3, 0.4) is 0 Å². The number of phosphoric ester groups is 1. The fraction of sp³-hybridized carbons (Fsp3) is 1.00. The Bertz CT molecular complexity index is 198. The molecule has 13 heavy (non-hydrogen) atoms. The molecule has 80 valence electrons. The molecule has 0 aliphatic rings. The summed E-state index contributed by atoms with van der Waals surface area (Å²) in [6.07, 6.45) is -7.29. The standard InChI is InChI=1S/C4H8F3O5P/c1-2-3(11-4(5,6)7)12-13(8,9)10/h3H,2H2,1H3,(H2,8,9,10). The lowest BCUT2D eigenvalue weighted by Crippen LogP contribution is -2.24. The lowest BCUT2D eigenvalue weighted by Gasteiger charge is -2.18. The molecule has 0 bridgehead atoms. The SMILES string of the molecule is CCC(OC(F)(F)F)OP(=O)(O)O. The van der Waals surface area contributed by atoms with Crippen LogP contribution < -0.4 is 0 Å². The second kappa shape index (κ2) is 4.39. The van der Waals surface area contributed by atoms with E-state index in [1.54, 1.807) is 0 Å². The van der Waals surface area contributed by atoms with Crippen molar-refractivity contribution in [1.82, 2.24) is 0 Å². The van der Waals surface area contributed by atoms with Gasteiger partial charge in [-0.05, 0) is 6.42 Å². The zero-order valence-corrected chi connectivity index (χ0v) is 7.38. The highest BCUT2D eigenvalue weighted by molar-refractivity contribution is 7.46. The highest BCUT2D eigenvalue weighted by Crippen LogP contribution is 2.39. The summed E-state index contributed by atoms with van der Waals surface area (Å²) in [6.45, 7) is 1.23.